The largest absolute Gasteiger partial charge is 0.289 e. The van der Waals surface area contributed by atoms with Gasteiger partial charge in [-0.3, -0.25) is 4.79 Å². The molecule has 0 fully saturated rings. The van der Waals surface area contributed by atoms with E-state index in [0.29, 0.717) is 0 Å². The molecule has 2 heteroatoms. The highest BCUT2D eigenvalue weighted by Gasteiger charge is 2.07. The summed E-state index contributed by atoms with van der Waals surface area (Å²) in [6.07, 6.45) is 7.30. The van der Waals surface area contributed by atoms with Crippen molar-refractivity contribution in [3.05, 3.63) is 102 Å². The van der Waals surface area contributed by atoms with E-state index >= 15 is 0 Å². The molecule has 4 aromatic rings. The molecule has 0 atom stereocenters. The minimum absolute atomic E-state index is 0.0230. The molecule has 0 amide bonds. The van der Waals surface area contributed by atoms with E-state index < -0.39 is 0 Å². The van der Waals surface area contributed by atoms with Crippen molar-refractivity contribution in [1.29, 1.82) is 0 Å². The van der Waals surface area contributed by atoms with Crippen molar-refractivity contribution in [2.75, 3.05) is 0 Å². The van der Waals surface area contributed by atoms with Crippen LogP contribution in [0.4, 0.5) is 0 Å². The Kier molecular flexibility index (Phi) is 4.28. The van der Waals surface area contributed by atoms with Gasteiger partial charge in [0.15, 0.2) is 5.78 Å². The Labute approximate surface area is 150 Å². The topological polar surface area (TPSA) is 17.1 Å². The van der Waals surface area contributed by atoms with Gasteiger partial charge in [0.05, 0.1) is 0 Å². The van der Waals surface area contributed by atoms with Crippen LogP contribution in [0.3, 0.4) is 0 Å². The number of rotatable bonds is 4. The fourth-order valence-corrected chi connectivity index (χ4v) is 3.94. The molecule has 0 radical (unpaired) electrons. The van der Waals surface area contributed by atoms with Gasteiger partial charge >= 0.3 is 0 Å². The van der Waals surface area contributed by atoms with E-state index in [1.165, 1.54) is 14.8 Å². The highest BCUT2D eigenvalue weighted by Crippen LogP contribution is 2.34. The van der Waals surface area contributed by atoms with Crippen LogP contribution < -0.4 is 0 Å². The lowest BCUT2D eigenvalue weighted by molar-refractivity contribution is 0.104. The minimum Gasteiger partial charge on any atom is -0.289 e. The van der Waals surface area contributed by atoms with Gasteiger partial charge in [0, 0.05) is 25.7 Å². The smallest absolute Gasteiger partial charge is 0.185 e. The van der Waals surface area contributed by atoms with Gasteiger partial charge in [-0.15, -0.1) is 11.3 Å². The molecule has 0 aliphatic heterocycles. The van der Waals surface area contributed by atoms with Crippen LogP contribution in [0, 0.1) is 0 Å². The number of benzene rings is 3. The van der Waals surface area contributed by atoms with E-state index in [1.807, 2.05) is 72.8 Å². The Hall–Kier alpha value is -2.97. The highest BCUT2D eigenvalue weighted by atomic mass is 32.1. The zero-order valence-corrected chi connectivity index (χ0v) is 14.4. The maximum absolute atomic E-state index is 12.4. The molecule has 120 valence electrons. The van der Waals surface area contributed by atoms with E-state index in [0.717, 1.165) is 16.5 Å². The van der Waals surface area contributed by atoms with Crippen molar-refractivity contribution in [2.24, 2.45) is 0 Å². The minimum atomic E-state index is 0.0230. The van der Waals surface area contributed by atoms with Crippen molar-refractivity contribution in [1.82, 2.24) is 0 Å². The van der Waals surface area contributed by atoms with Crippen molar-refractivity contribution < 1.29 is 4.79 Å². The molecule has 0 unspecified atom stereocenters. The number of hydrogen-bond donors (Lipinski definition) is 0. The second-order valence-corrected chi connectivity index (χ2v) is 6.89. The summed E-state index contributed by atoms with van der Waals surface area (Å²) in [5, 5.41) is 2.37. The molecule has 0 aliphatic carbocycles. The summed E-state index contributed by atoms with van der Waals surface area (Å²) < 4.78 is 2.47. The zero-order chi connectivity index (χ0) is 17.1. The van der Waals surface area contributed by atoms with Crippen molar-refractivity contribution in [3.63, 3.8) is 0 Å². The Balaban J connectivity index is 1.58. The van der Waals surface area contributed by atoms with E-state index in [-0.39, 0.29) is 5.78 Å². The van der Waals surface area contributed by atoms with Crippen LogP contribution >= 0.6 is 11.3 Å². The lowest BCUT2D eigenvalue weighted by atomic mass is 10.1. The highest BCUT2D eigenvalue weighted by molar-refractivity contribution is 7.25. The first kappa shape index (κ1) is 15.6. The van der Waals surface area contributed by atoms with Gasteiger partial charge in [0.2, 0.25) is 0 Å². The van der Waals surface area contributed by atoms with Gasteiger partial charge < -0.3 is 0 Å². The number of hydrogen-bond acceptors (Lipinski definition) is 2. The fourth-order valence-electron chi connectivity index (χ4n) is 2.85. The van der Waals surface area contributed by atoms with Crippen LogP contribution in [-0.2, 0) is 0 Å². The SMILES string of the molecule is O=C(/C=C/C=C/c1ccccc1)c1ccc2sc3ccccc3c2c1. The van der Waals surface area contributed by atoms with Gasteiger partial charge in [-0.2, -0.15) is 0 Å². The monoisotopic (exact) mass is 340 g/mol. The number of thiophene rings is 1. The van der Waals surface area contributed by atoms with Gasteiger partial charge in [-0.1, -0.05) is 66.8 Å². The molecule has 0 bridgehead atoms. The molecule has 0 N–H and O–H groups in total. The lowest BCUT2D eigenvalue weighted by Gasteiger charge is -1.97. The van der Waals surface area contributed by atoms with E-state index in [1.54, 1.807) is 23.5 Å². The van der Waals surface area contributed by atoms with Crippen LogP contribution in [0.25, 0.3) is 26.2 Å². The first-order chi connectivity index (χ1) is 12.3. The standard InChI is InChI=1S/C23H16OS/c24-21(12-6-4-10-17-8-2-1-3-9-17)18-14-15-23-20(16-18)19-11-5-7-13-22(19)25-23/h1-16H/b10-4+,12-6+. The summed E-state index contributed by atoms with van der Waals surface area (Å²) in [7, 11) is 0. The summed E-state index contributed by atoms with van der Waals surface area (Å²) in [5.41, 5.74) is 1.84. The molecule has 3 aromatic carbocycles. The summed E-state index contributed by atoms with van der Waals surface area (Å²) >= 11 is 1.76. The molecule has 1 heterocycles. The number of fused-ring (bicyclic) bond motifs is 3. The average Bonchev–Trinajstić information content (AvgIpc) is 3.04. The van der Waals surface area contributed by atoms with Gasteiger partial charge in [0.1, 0.15) is 0 Å². The maximum atomic E-state index is 12.4. The number of allylic oxidation sites excluding steroid dienone is 3. The molecule has 0 aliphatic rings. The Morgan fingerprint density at radius 3 is 2.40 bits per heavy atom. The maximum Gasteiger partial charge on any atom is 0.185 e. The summed E-state index contributed by atoms with van der Waals surface area (Å²) in [4.78, 5) is 12.4. The van der Waals surface area contributed by atoms with E-state index in [9.17, 15) is 4.79 Å². The van der Waals surface area contributed by atoms with Crippen LogP contribution in [-0.4, -0.2) is 5.78 Å². The third kappa shape index (κ3) is 3.30. The van der Waals surface area contributed by atoms with Crippen LogP contribution in [0.1, 0.15) is 15.9 Å². The van der Waals surface area contributed by atoms with Crippen LogP contribution in [0.5, 0.6) is 0 Å². The molecule has 25 heavy (non-hydrogen) atoms. The normalized spacial score (nSPS) is 11.8. The number of carbonyl (C=O) groups is 1. The van der Waals surface area contributed by atoms with Gasteiger partial charge in [-0.05, 0) is 35.9 Å². The molecule has 4 rings (SSSR count). The second-order valence-electron chi connectivity index (χ2n) is 5.80. The molecular formula is C23H16OS. The van der Waals surface area contributed by atoms with Crippen molar-refractivity contribution in [3.8, 4) is 0 Å². The third-order valence-corrected chi connectivity index (χ3v) is 5.26. The quantitative estimate of drug-likeness (QED) is 0.235. The summed E-state index contributed by atoms with van der Waals surface area (Å²) in [6.45, 7) is 0. The summed E-state index contributed by atoms with van der Waals surface area (Å²) in [6, 6.07) is 24.3. The van der Waals surface area contributed by atoms with Crippen molar-refractivity contribution >= 4 is 43.4 Å². The Morgan fingerprint density at radius 1 is 0.760 bits per heavy atom. The second kappa shape index (κ2) is 6.88. The molecule has 1 aromatic heterocycles. The molecule has 0 saturated heterocycles. The van der Waals surface area contributed by atoms with Crippen LogP contribution in [0.2, 0.25) is 0 Å². The van der Waals surface area contributed by atoms with Crippen molar-refractivity contribution in [2.45, 2.75) is 0 Å². The Bertz CT molecular complexity index is 1100. The molecule has 0 saturated carbocycles. The van der Waals surface area contributed by atoms with Crippen LogP contribution in [0.15, 0.2) is 91.0 Å². The first-order valence-electron chi connectivity index (χ1n) is 8.17. The first-order valence-corrected chi connectivity index (χ1v) is 8.98. The Morgan fingerprint density at radius 2 is 1.52 bits per heavy atom. The predicted octanol–water partition coefficient (Wildman–Crippen LogP) is 6.51. The predicted molar refractivity (Wildman–Crippen MR) is 108 cm³/mol. The average molecular weight is 340 g/mol. The molecule has 0 spiro atoms. The molecule has 1 nitrogen and oxygen atoms in total. The summed E-state index contributed by atoms with van der Waals surface area (Å²) in [5.74, 6) is 0.0230. The van der Waals surface area contributed by atoms with E-state index in [4.69, 9.17) is 0 Å². The fraction of sp³-hybridized carbons (Fsp3) is 0. The van der Waals surface area contributed by atoms with Gasteiger partial charge in [0.25, 0.3) is 0 Å². The third-order valence-electron chi connectivity index (χ3n) is 4.11. The zero-order valence-electron chi connectivity index (χ0n) is 13.6. The number of carbonyl (C=O) groups excluding carboxylic acids is 1. The van der Waals surface area contributed by atoms with Gasteiger partial charge in [-0.25, -0.2) is 0 Å². The lowest BCUT2D eigenvalue weighted by Crippen LogP contribution is -1.92. The molecular weight excluding hydrogens is 324 g/mol. The number of ketones is 1. The van der Waals surface area contributed by atoms with E-state index in [2.05, 4.69) is 12.1 Å².